The van der Waals surface area contributed by atoms with E-state index in [0.29, 0.717) is 12.3 Å². The van der Waals surface area contributed by atoms with Crippen LogP contribution >= 0.6 is 8.03 Å². The van der Waals surface area contributed by atoms with Crippen LogP contribution in [-0.4, -0.2) is 0 Å². The summed E-state index contributed by atoms with van der Waals surface area (Å²) in [6, 6.07) is 11.2. The second-order valence-corrected chi connectivity index (χ2v) is 6.16. The Labute approximate surface area is 120 Å². The summed E-state index contributed by atoms with van der Waals surface area (Å²) >= 11 is 0. The number of nitrogens with two attached hydrogens (primary N) is 1. The molecule has 0 spiro atoms. The number of benzene rings is 2. The van der Waals surface area contributed by atoms with Crippen molar-refractivity contribution >= 4 is 13.3 Å². The van der Waals surface area contributed by atoms with E-state index in [9.17, 15) is 4.57 Å². The first-order valence-electron chi connectivity index (χ1n) is 6.61. The maximum atomic E-state index is 12.6. The molecule has 0 amide bonds. The molecule has 106 valence electrons. The Balaban J connectivity index is 2.41. The van der Waals surface area contributed by atoms with Crippen LogP contribution in [0.4, 0.5) is 0 Å². The third-order valence-electron chi connectivity index (χ3n) is 3.62. The molecule has 0 aliphatic carbocycles. The van der Waals surface area contributed by atoms with Crippen LogP contribution in [0.2, 0.25) is 0 Å². The van der Waals surface area contributed by atoms with E-state index >= 15 is 0 Å². The summed E-state index contributed by atoms with van der Waals surface area (Å²) in [5, 5.41) is 0.768. The summed E-state index contributed by atoms with van der Waals surface area (Å²) in [5.41, 5.74) is 10.0. The predicted octanol–water partition coefficient (Wildman–Crippen LogP) is 3.25. The van der Waals surface area contributed by atoms with E-state index in [1.165, 1.54) is 5.56 Å². The highest BCUT2D eigenvalue weighted by Crippen LogP contribution is 2.30. The standard InChI is InChI=1S/C16H20NO2P/c1-11-9-14(10-17)16(13(3)12(11)2)20(18)19-15-7-5-4-6-8-15/h4-9,20H,10,17H2,1-3H3. The van der Waals surface area contributed by atoms with Gasteiger partial charge in [-0.3, -0.25) is 4.57 Å². The maximum Gasteiger partial charge on any atom is 0.266 e. The first kappa shape index (κ1) is 14.8. The second-order valence-electron chi connectivity index (χ2n) is 4.88. The van der Waals surface area contributed by atoms with E-state index in [1.54, 1.807) is 12.1 Å². The summed E-state index contributed by atoms with van der Waals surface area (Å²) in [6.07, 6.45) is 0. The molecule has 2 rings (SSSR count). The summed E-state index contributed by atoms with van der Waals surface area (Å²) in [5.74, 6) is 0.622. The zero-order valence-electron chi connectivity index (χ0n) is 12.1. The zero-order valence-corrected chi connectivity index (χ0v) is 13.1. The lowest BCUT2D eigenvalue weighted by Gasteiger charge is -2.16. The third kappa shape index (κ3) is 2.95. The van der Waals surface area contributed by atoms with Crippen molar-refractivity contribution in [2.24, 2.45) is 5.73 Å². The van der Waals surface area contributed by atoms with Gasteiger partial charge in [0.25, 0.3) is 8.03 Å². The fourth-order valence-corrected chi connectivity index (χ4v) is 3.64. The molecule has 0 saturated carbocycles. The molecule has 0 saturated heterocycles. The summed E-state index contributed by atoms with van der Waals surface area (Å²) in [7, 11) is -2.36. The van der Waals surface area contributed by atoms with Gasteiger partial charge < -0.3 is 10.3 Å². The van der Waals surface area contributed by atoms with Gasteiger partial charge in [0.15, 0.2) is 0 Å². The highest BCUT2D eigenvalue weighted by Gasteiger charge is 2.16. The van der Waals surface area contributed by atoms with Crippen LogP contribution in [0.5, 0.6) is 5.75 Å². The number of aryl methyl sites for hydroxylation is 1. The number of rotatable bonds is 4. The van der Waals surface area contributed by atoms with Crippen molar-refractivity contribution in [1.82, 2.24) is 0 Å². The fourth-order valence-electron chi connectivity index (χ4n) is 2.26. The van der Waals surface area contributed by atoms with Gasteiger partial charge in [0.2, 0.25) is 0 Å². The van der Waals surface area contributed by atoms with Gasteiger partial charge in [-0.1, -0.05) is 24.3 Å². The van der Waals surface area contributed by atoms with Crippen LogP contribution in [0.1, 0.15) is 22.3 Å². The molecule has 2 aromatic rings. The van der Waals surface area contributed by atoms with Gasteiger partial charge >= 0.3 is 0 Å². The quantitative estimate of drug-likeness (QED) is 0.879. The lowest BCUT2D eigenvalue weighted by molar-refractivity contribution is 0.514. The van der Waals surface area contributed by atoms with E-state index in [2.05, 4.69) is 0 Å². The summed E-state index contributed by atoms with van der Waals surface area (Å²) in [6.45, 7) is 6.42. The van der Waals surface area contributed by atoms with Crippen molar-refractivity contribution in [3.63, 3.8) is 0 Å². The smallest absolute Gasteiger partial charge is 0.266 e. The van der Waals surface area contributed by atoms with Gasteiger partial charge in [-0.2, -0.15) is 0 Å². The number of hydrogen-bond donors (Lipinski definition) is 1. The molecule has 0 aliphatic heterocycles. The Hall–Kier alpha value is -1.57. The molecule has 2 N–H and O–H groups in total. The van der Waals surface area contributed by atoms with Crippen molar-refractivity contribution in [2.45, 2.75) is 27.3 Å². The Morgan fingerprint density at radius 2 is 1.75 bits per heavy atom. The van der Waals surface area contributed by atoms with Crippen LogP contribution in [-0.2, 0) is 11.1 Å². The van der Waals surface area contributed by atoms with Gasteiger partial charge in [0, 0.05) is 6.54 Å². The lowest BCUT2D eigenvalue weighted by atomic mass is 10.0. The fraction of sp³-hybridized carbons (Fsp3) is 0.250. The van der Waals surface area contributed by atoms with Gasteiger partial charge in [-0.25, -0.2) is 0 Å². The van der Waals surface area contributed by atoms with Crippen LogP contribution in [0, 0.1) is 20.8 Å². The van der Waals surface area contributed by atoms with E-state index < -0.39 is 8.03 Å². The Morgan fingerprint density at radius 1 is 1.10 bits per heavy atom. The normalized spacial score (nSPS) is 12.2. The Kier molecular flexibility index (Phi) is 4.64. The molecule has 20 heavy (non-hydrogen) atoms. The van der Waals surface area contributed by atoms with E-state index in [-0.39, 0.29) is 0 Å². The molecule has 1 atom stereocenters. The van der Waals surface area contributed by atoms with Crippen molar-refractivity contribution < 1.29 is 9.09 Å². The summed E-state index contributed by atoms with van der Waals surface area (Å²) < 4.78 is 18.2. The van der Waals surface area contributed by atoms with Gasteiger partial charge in [-0.15, -0.1) is 0 Å². The molecule has 4 heteroatoms. The SMILES string of the molecule is Cc1cc(CN)c([PH](=O)Oc2ccccc2)c(C)c1C. The molecule has 3 nitrogen and oxygen atoms in total. The Morgan fingerprint density at radius 3 is 2.35 bits per heavy atom. The van der Waals surface area contributed by atoms with Gasteiger partial charge in [0.05, 0.1) is 5.30 Å². The average Bonchev–Trinajstić information content (AvgIpc) is 2.45. The van der Waals surface area contributed by atoms with Gasteiger partial charge in [0.1, 0.15) is 5.75 Å². The molecule has 0 aliphatic rings. The average molecular weight is 289 g/mol. The van der Waals surface area contributed by atoms with Crippen molar-refractivity contribution in [3.05, 3.63) is 58.7 Å². The van der Waals surface area contributed by atoms with Crippen LogP contribution < -0.4 is 15.6 Å². The molecular formula is C16H20NO2P. The largest absolute Gasteiger partial charge is 0.442 e. The monoisotopic (exact) mass is 289 g/mol. The van der Waals surface area contributed by atoms with Crippen LogP contribution in [0.3, 0.4) is 0 Å². The van der Waals surface area contributed by atoms with Crippen molar-refractivity contribution in [3.8, 4) is 5.75 Å². The highest BCUT2D eigenvalue weighted by atomic mass is 31.1. The molecule has 1 unspecified atom stereocenters. The van der Waals surface area contributed by atoms with Crippen LogP contribution in [0.15, 0.2) is 36.4 Å². The maximum absolute atomic E-state index is 12.6. The molecule has 0 radical (unpaired) electrons. The minimum absolute atomic E-state index is 0.367. The molecule has 0 fully saturated rings. The molecule has 0 heterocycles. The lowest BCUT2D eigenvalue weighted by Crippen LogP contribution is -2.17. The molecule has 0 bridgehead atoms. The van der Waals surface area contributed by atoms with Crippen molar-refractivity contribution in [2.75, 3.05) is 0 Å². The minimum Gasteiger partial charge on any atom is -0.442 e. The predicted molar refractivity (Wildman–Crippen MR) is 84.2 cm³/mol. The zero-order chi connectivity index (χ0) is 14.7. The summed E-state index contributed by atoms with van der Waals surface area (Å²) in [4.78, 5) is 0. The first-order valence-corrected chi connectivity index (χ1v) is 7.93. The second kappa shape index (κ2) is 6.25. The van der Waals surface area contributed by atoms with E-state index in [1.807, 2.05) is 45.0 Å². The van der Waals surface area contributed by atoms with Gasteiger partial charge in [-0.05, 0) is 55.2 Å². The number of para-hydroxylation sites is 1. The Bertz CT molecular complexity index is 639. The molecular weight excluding hydrogens is 269 g/mol. The topological polar surface area (TPSA) is 52.3 Å². The highest BCUT2D eigenvalue weighted by molar-refractivity contribution is 7.49. The van der Waals surface area contributed by atoms with E-state index in [0.717, 1.165) is 22.0 Å². The molecule has 2 aromatic carbocycles. The first-order chi connectivity index (χ1) is 9.54. The van der Waals surface area contributed by atoms with Crippen LogP contribution in [0.25, 0.3) is 0 Å². The van der Waals surface area contributed by atoms with Crippen molar-refractivity contribution in [1.29, 1.82) is 0 Å². The molecule has 0 aromatic heterocycles. The van der Waals surface area contributed by atoms with E-state index in [4.69, 9.17) is 10.3 Å². The third-order valence-corrected chi connectivity index (χ3v) is 5.14. The number of hydrogen-bond acceptors (Lipinski definition) is 3. The minimum atomic E-state index is -2.36.